The standard InChI is InChI=1S/C24H24N2O2S2/c1-15-9-10-16(2)17(12-15)14-29-24-25-22-21(19-7-3-4-8-20(19)30-22)23(27)26(24)13-18-6-5-11-28-18/h5-6,9-12H,3-4,7-8,13-14H2,1-2H3. The van der Waals surface area contributed by atoms with Gasteiger partial charge in [-0.1, -0.05) is 35.5 Å². The Morgan fingerprint density at radius 3 is 2.90 bits per heavy atom. The van der Waals surface area contributed by atoms with Gasteiger partial charge in [0.2, 0.25) is 0 Å². The molecule has 6 heteroatoms. The van der Waals surface area contributed by atoms with Crippen LogP contribution in [0, 0.1) is 13.8 Å². The Hall–Kier alpha value is -2.31. The first-order chi connectivity index (χ1) is 14.6. The van der Waals surface area contributed by atoms with E-state index >= 15 is 0 Å². The lowest BCUT2D eigenvalue weighted by Crippen LogP contribution is -2.24. The molecule has 154 valence electrons. The molecule has 1 aliphatic rings. The van der Waals surface area contributed by atoms with E-state index in [0.29, 0.717) is 6.54 Å². The Kier molecular flexibility index (Phi) is 5.29. The largest absolute Gasteiger partial charge is 0.467 e. The lowest BCUT2D eigenvalue weighted by molar-refractivity contribution is 0.476. The number of furan rings is 1. The highest BCUT2D eigenvalue weighted by Crippen LogP contribution is 2.35. The summed E-state index contributed by atoms with van der Waals surface area (Å²) >= 11 is 3.35. The first kappa shape index (κ1) is 19.6. The molecule has 3 heterocycles. The number of nitrogens with zero attached hydrogens (tertiary/aromatic N) is 2. The molecule has 0 saturated carbocycles. The van der Waals surface area contributed by atoms with Gasteiger partial charge in [0.1, 0.15) is 10.6 Å². The van der Waals surface area contributed by atoms with Gasteiger partial charge < -0.3 is 4.42 Å². The zero-order valence-electron chi connectivity index (χ0n) is 17.2. The topological polar surface area (TPSA) is 48.0 Å². The van der Waals surface area contributed by atoms with Crippen molar-refractivity contribution in [2.75, 3.05) is 0 Å². The number of rotatable bonds is 5. The van der Waals surface area contributed by atoms with E-state index in [9.17, 15) is 4.79 Å². The quantitative estimate of drug-likeness (QED) is 0.289. The molecule has 0 atom stereocenters. The molecule has 5 rings (SSSR count). The Morgan fingerprint density at radius 1 is 1.20 bits per heavy atom. The summed E-state index contributed by atoms with van der Waals surface area (Å²) in [6.45, 7) is 4.66. The van der Waals surface area contributed by atoms with Gasteiger partial charge in [-0.3, -0.25) is 9.36 Å². The normalized spacial score (nSPS) is 13.7. The van der Waals surface area contributed by atoms with E-state index in [1.807, 2.05) is 12.1 Å². The molecule has 0 amide bonds. The van der Waals surface area contributed by atoms with Crippen LogP contribution in [0.1, 0.15) is 45.7 Å². The van der Waals surface area contributed by atoms with Crippen molar-refractivity contribution in [3.05, 3.63) is 79.8 Å². The molecule has 1 aliphatic carbocycles. The first-order valence-electron chi connectivity index (χ1n) is 10.4. The number of hydrogen-bond acceptors (Lipinski definition) is 5. The number of benzene rings is 1. The molecule has 0 aliphatic heterocycles. The van der Waals surface area contributed by atoms with Crippen molar-refractivity contribution in [1.82, 2.24) is 9.55 Å². The third-order valence-corrected chi connectivity index (χ3v) is 8.01. The molecule has 30 heavy (non-hydrogen) atoms. The number of thioether (sulfide) groups is 1. The van der Waals surface area contributed by atoms with Crippen molar-refractivity contribution < 1.29 is 4.42 Å². The molecular formula is C24H24N2O2S2. The van der Waals surface area contributed by atoms with Crippen LogP contribution >= 0.6 is 23.1 Å². The van der Waals surface area contributed by atoms with Crippen LogP contribution in [0.25, 0.3) is 10.2 Å². The summed E-state index contributed by atoms with van der Waals surface area (Å²) in [4.78, 5) is 20.9. The van der Waals surface area contributed by atoms with Crippen LogP contribution in [0.3, 0.4) is 0 Å². The molecule has 4 nitrogen and oxygen atoms in total. The van der Waals surface area contributed by atoms with Crippen molar-refractivity contribution >= 4 is 33.3 Å². The minimum atomic E-state index is 0.0688. The van der Waals surface area contributed by atoms with E-state index < -0.39 is 0 Å². The van der Waals surface area contributed by atoms with Crippen LogP contribution in [-0.4, -0.2) is 9.55 Å². The van der Waals surface area contributed by atoms with Crippen LogP contribution in [0.15, 0.2) is 51.0 Å². The van der Waals surface area contributed by atoms with Gasteiger partial charge in [0.15, 0.2) is 5.16 Å². The lowest BCUT2D eigenvalue weighted by atomic mass is 9.97. The van der Waals surface area contributed by atoms with Crippen LogP contribution in [0.4, 0.5) is 0 Å². The van der Waals surface area contributed by atoms with Gasteiger partial charge in [-0.05, 0) is 68.4 Å². The maximum absolute atomic E-state index is 13.6. The predicted octanol–water partition coefficient (Wildman–Crippen LogP) is 5.89. The Bertz CT molecular complexity index is 1270. The molecule has 1 aromatic carbocycles. The summed E-state index contributed by atoms with van der Waals surface area (Å²) in [6, 6.07) is 10.3. The molecular weight excluding hydrogens is 412 g/mol. The Morgan fingerprint density at radius 2 is 2.07 bits per heavy atom. The van der Waals surface area contributed by atoms with Crippen LogP contribution in [0.5, 0.6) is 0 Å². The summed E-state index contributed by atoms with van der Waals surface area (Å²) in [5.41, 5.74) is 5.10. The van der Waals surface area contributed by atoms with E-state index in [1.165, 1.54) is 33.6 Å². The van der Waals surface area contributed by atoms with Gasteiger partial charge in [0, 0.05) is 10.6 Å². The third kappa shape index (κ3) is 3.63. The van der Waals surface area contributed by atoms with Gasteiger partial charge in [0.25, 0.3) is 5.56 Å². The number of hydrogen-bond donors (Lipinski definition) is 0. The van der Waals surface area contributed by atoms with E-state index in [1.54, 1.807) is 33.9 Å². The molecule has 0 fully saturated rings. The first-order valence-corrected chi connectivity index (χ1v) is 12.2. The highest BCUT2D eigenvalue weighted by Gasteiger charge is 2.22. The second-order valence-corrected chi connectivity index (χ2v) is 10.0. The third-order valence-electron chi connectivity index (χ3n) is 5.80. The molecule has 0 radical (unpaired) electrons. The summed E-state index contributed by atoms with van der Waals surface area (Å²) < 4.78 is 7.36. The van der Waals surface area contributed by atoms with Gasteiger partial charge in [-0.2, -0.15) is 0 Å². The van der Waals surface area contributed by atoms with Crippen LogP contribution in [-0.2, 0) is 25.1 Å². The average molecular weight is 437 g/mol. The monoisotopic (exact) mass is 436 g/mol. The number of aromatic nitrogens is 2. The average Bonchev–Trinajstić information content (AvgIpc) is 3.38. The molecule has 0 bridgehead atoms. The van der Waals surface area contributed by atoms with Crippen molar-refractivity contribution in [1.29, 1.82) is 0 Å². The minimum Gasteiger partial charge on any atom is -0.467 e. The summed E-state index contributed by atoms with van der Waals surface area (Å²) in [6.07, 6.45) is 6.07. The smallest absolute Gasteiger partial charge is 0.263 e. The molecule has 0 saturated heterocycles. The van der Waals surface area contributed by atoms with Crippen LogP contribution in [0.2, 0.25) is 0 Å². The molecule has 4 aromatic rings. The fourth-order valence-electron chi connectivity index (χ4n) is 4.13. The zero-order valence-corrected chi connectivity index (χ0v) is 18.9. The summed E-state index contributed by atoms with van der Waals surface area (Å²) in [7, 11) is 0. The van der Waals surface area contributed by atoms with E-state index in [0.717, 1.165) is 46.1 Å². The van der Waals surface area contributed by atoms with Gasteiger partial charge in [-0.15, -0.1) is 11.3 Å². The molecule has 3 aromatic heterocycles. The van der Waals surface area contributed by atoms with E-state index in [2.05, 4.69) is 32.0 Å². The lowest BCUT2D eigenvalue weighted by Gasteiger charge is -2.13. The fourth-order valence-corrected chi connectivity index (χ4v) is 6.49. The number of thiophene rings is 1. The Balaban J connectivity index is 1.60. The summed E-state index contributed by atoms with van der Waals surface area (Å²) in [5, 5.41) is 1.60. The summed E-state index contributed by atoms with van der Waals surface area (Å²) in [5.74, 6) is 1.56. The highest BCUT2D eigenvalue weighted by molar-refractivity contribution is 7.98. The predicted molar refractivity (Wildman–Crippen MR) is 124 cm³/mol. The van der Waals surface area contributed by atoms with E-state index in [-0.39, 0.29) is 5.56 Å². The highest BCUT2D eigenvalue weighted by atomic mass is 32.2. The van der Waals surface area contributed by atoms with Crippen molar-refractivity contribution in [2.45, 2.75) is 57.0 Å². The zero-order chi connectivity index (χ0) is 20.7. The van der Waals surface area contributed by atoms with Gasteiger partial charge in [0.05, 0.1) is 18.2 Å². The van der Waals surface area contributed by atoms with Gasteiger partial charge >= 0.3 is 0 Å². The molecule has 0 spiro atoms. The Labute approximate surface area is 184 Å². The van der Waals surface area contributed by atoms with Crippen molar-refractivity contribution in [2.24, 2.45) is 0 Å². The number of fused-ring (bicyclic) bond motifs is 3. The SMILES string of the molecule is Cc1ccc(C)c(CSc2nc3sc4c(c3c(=O)n2Cc2ccco2)CCCC4)c1. The second-order valence-electron chi connectivity index (χ2n) is 7.97. The van der Waals surface area contributed by atoms with Crippen LogP contribution < -0.4 is 5.56 Å². The number of aryl methyl sites for hydroxylation is 4. The fraction of sp³-hybridized carbons (Fsp3) is 0.333. The molecule has 0 unspecified atom stereocenters. The van der Waals surface area contributed by atoms with E-state index in [4.69, 9.17) is 9.40 Å². The second kappa shape index (κ2) is 8.08. The maximum atomic E-state index is 13.6. The minimum absolute atomic E-state index is 0.0688. The molecule has 0 N–H and O–H groups in total. The maximum Gasteiger partial charge on any atom is 0.263 e. The van der Waals surface area contributed by atoms with Gasteiger partial charge in [-0.25, -0.2) is 4.98 Å². The van der Waals surface area contributed by atoms with Crippen molar-refractivity contribution in [3.8, 4) is 0 Å². The van der Waals surface area contributed by atoms with Crippen molar-refractivity contribution in [3.63, 3.8) is 0 Å².